The van der Waals surface area contributed by atoms with Crippen LogP contribution in [0.3, 0.4) is 0 Å². The maximum atomic E-state index is 10.7. The Balaban J connectivity index is 2.38. The van der Waals surface area contributed by atoms with Crippen molar-refractivity contribution >= 4 is 15.9 Å². The number of aliphatic hydroxyl groups is 1. The molecule has 1 N–H and O–H groups in total. The van der Waals surface area contributed by atoms with Gasteiger partial charge in [0.1, 0.15) is 5.60 Å². The average Bonchev–Trinajstić information content (AvgIpc) is 2.79. The molecular weight excluding hydrogens is 292 g/mol. The fraction of sp³-hybridized carbons (Fsp3) is 0.357. The van der Waals surface area contributed by atoms with Gasteiger partial charge in [0.2, 0.25) is 0 Å². The number of aryl methyl sites for hydroxylation is 1. The second-order valence-corrected chi connectivity index (χ2v) is 5.40. The number of halogens is 1. The summed E-state index contributed by atoms with van der Waals surface area (Å²) in [6.07, 6.45) is 4.66. The number of hydrogen-bond donors (Lipinski definition) is 1. The van der Waals surface area contributed by atoms with E-state index in [1.807, 2.05) is 35.1 Å². The van der Waals surface area contributed by atoms with Crippen molar-refractivity contribution in [3.05, 3.63) is 52.3 Å². The van der Waals surface area contributed by atoms with Crippen LogP contribution in [0.25, 0.3) is 0 Å². The van der Waals surface area contributed by atoms with Gasteiger partial charge in [0, 0.05) is 28.3 Å². The Hall–Kier alpha value is -1.13. The Labute approximate surface area is 116 Å². The molecule has 0 bridgehead atoms. The molecule has 0 spiro atoms. The fourth-order valence-electron chi connectivity index (χ4n) is 1.98. The van der Waals surface area contributed by atoms with E-state index in [4.69, 9.17) is 0 Å². The highest BCUT2D eigenvalue weighted by atomic mass is 79.9. The zero-order valence-corrected chi connectivity index (χ0v) is 12.2. The minimum Gasteiger partial charge on any atom is -0.381 e. The Kier molecular flexibility index (Phi) is 3.88. The lowest BCUT2D eigenvalue weighted by atomic mass is 9.90. The van der Waals surface area contributed by atoms with Crippen LogP contribution in [0.15, 0.2) is 41.1 Å². The first kappa shape index (κ1) is 13.3. The van der Waals surface area contributed by atoms with Crippen molar-refractivity contribution in [1.82, 2.24) is 9.78 Å². The van der Waals surface area contributed by atoms with Crippen molar-refractivity contribution in [2.45, 2.75) is 32.4 Å². The van der Waals surface area contributed by atoms with E-state index in [1.54, 1.807) is 13.1 Å². The SMILES string of the molecule is CCCn1cc(C(C)(O)c2ccccc2Br)cn1. The average molecular weight is 309 g/mol. The highest BCUT2D eigenvalue weighted by molar-refractivity contribution is 9.10. The van der Waals surface area contributed by atoms with E-state index in [1.165, 1.54) is 0 Å². The van der Waals surface area contributed by atoms with Crippen LogP contribution in [0.1, 0.15) is 31.4 Å². The van der Waals surface area contributed by atoms with Gasteiger partial charge in [-0.15, -0.1) is 0 Å². The maximum absolute atomic E-state index is 10.7. The molecular formula is C14H17BrN2O. The highest BCUT2D eigenvalue weighted by Crippen LogP contribution is 2.33. The Morgan fingerprint density at radius 3 is 2.78 bits per heavy atom. The zero-order chi connectivity index (χ0) is 13.2. The Morgan fingerprint density at radius 1 is 1.39 bits per heavy atom. The molecule has 0 aliphatic carbocycles. The quantitative estimate of drug-likeness (QED) is 0.941. The van der Waals surface area contributed by atoms with Crippen molar-refractivity contribution in [2.75, 3.05) is 0 Å². The molecule has 0 amide bonds. The third-order valence-electron chi connectivity index (χ3n) is 3.05. The molecule has 1 aromatic heterocycles. The highest BCUT2D eigenvalue weighted by Gasteiger charge is 2.28. The zero-order valence-electron chi connectivity index (χ0n) is 10.6. The molecule has 1 unspecified atom stereocenters. The van der Waals surface area contributed by atoms with Gasteiger partial charge in [-0.3, -0.25) is 4.68 Å². The van der Waals surface area contributed by atoms with Crippen LogP contribution in [0, 0.1) is 0 Å². The van der Waals surface area contributed by atoms with E-state index < -0.39 is 5.60 Å². The predicted molar refractivity (Wildman–Crippen MR) is 75.3 cm³/mol. The second kappa shape index (κ2) is 5.24. The van der Waals surface area contributed by atoms with Crippen molar-refractivity contribution in [3.8, 4) is 0 Å². The van der Waals surface area contributed by atoms with E-state index in [9.17, 15) is 5.11 Å². The number of rotatable bonds is 4. The third kappa shape index (κ3) is 2.49. The maximum Gasteiger partial charge on any atom is 0.116 e. The van der Waals surface area contributed by atoms with Crippen LogP contribution in [0.4, 0.5) is 0 Å². The molecule has 0 aliphatic heterocycles. The summed E-state index contributed by atoms with van der Waals surface area (Å²) in [6, 6.07) is 7.71. The van der Waals surface area contributed by atoms with Gasteiger partial charge in [-0.2, -0.15) is 5.10 Å². The molecule has 0 aliphatic rings. The topological polar surface area (TPSA) is 38.0 Å². The lowest BCUT2D eigenvalue weighted by Crippen LogP contribution is -2.22. The molecule has 1 atom stereocenters. The molecule has 0 saturated heterocycles. The normalized spacial score (nSPS) is 14.4. The summed E-state index contributed by atoms with van der Waals surface area (Å²) in [5.74, 6) is 0. The molecule has 2 aromatic rings. The van der Waals surface area contributed by atoms with Crippen molar-refractivity contribution in [1.29, 1.82) is 0 Å². The number of hydrogen-bond acceptors (Lipinski definition) is 2. The van der Waals surface area contributed by atoms with Crippen LogP contribution < -0.4 is 0 Å². The van der Waals surface area contributed by atoms with E-state index in [-0.39, 0.29) is 0 Å². The Morgan fingerprint density at radius 2 is 2.11 bits per heavy atom. The van der Waals surface area contributed by atoms with Gasteiger partial charge in [0.15, 0.2) is 0 Å². The molecule has 1 aromatic carbocycles. The summed E-state index contributed by atoms with van der Waals surface area (Å²) in [4.78, 5) is 0. The molecule has 0 fully saturated rings. The second-order valence-electron chi connectivity index (χ2n) is 4.54. The molecule has 3 nitrogen and oxygen atoms in total. The van der Waals surface area contributed by atoms with Gasteiger partial charge in [-0.25, -0.2) is 0 Å². The summed E-state index contributed by atoms with van der Waals surface area (Å²) in [5.41, 5.74) is 0.621. The van der Waals surface area contributed by atoms with E-state index in [2.05, 4.69) is 28.0 Å². The van der Waals surface area contributed by atoms with Gasteiger partial charge in [-0.1, -0.05) is 41.1 Å². The predicted octanol–water partition coefficient (Wildman–Crippen LogP) is 3.31. The standard InChI is InChI=1S/C14H17BrN2O/c1-3-8-17-10-11(9-16-17)14(2,18)12-6-4-5-7-13(12)15/h4-7,9-10,18H,3,8H2,1-2H3. The molecule has 18 heavy (non-hydrogen) atoms. The number of nitrogens with zero attached hydrogens (tertiary/aromatic N) is 2. The summed E-state index contributed by atoms with van der Waals surface area (Å²) in [5, 5.41) is 15.0. The van der Waals surface area contributed by atoms with Crippen LogP contribution in [-0.2, 0) is 12.1 Å². The first-order valence-electron chi connectivity index (χ1n) is 6.06. The lowest BCUT2D eigenvalue weighted by molar-refractivity contribution is 0.101. The van der Waals surface area contributed by atoms with Gasteiger partial charge >= 0.3 is 0 Å². The first-order valence-corrected chi connectivity index (χ1v) is 6.85. The van der Waals surface area contributed by atoms with Crippen LogP contribution in [0.5, 0.6) is 0 Å². The summed E-state index contributed by atoms with van der Waals surface area (Å²) >= 11 is 3.48. The van der Waals surface area contributed by atoms with Crippen LogP contribution >= 0.6 is 15.9 Å². The summed E-state index contributed by atoms with van der Waals surface area (Å²) in [7, 11) is 0. The third-order valence-corrected chi connectivity index (χ3v) is 3.74. The minimum absolute atomic E-state index is 0.808. The number of benzene rings is 1. The molecule has 2 rings (SSSR count). The van der Waals surface area contributed by atoms with Crippen LogP contribution in [0.2, 0.25) is 0 Å². The molecule has 0 saturated carbocycles. The first-order chi connectivity index (χ1) is 8.55. The largest absolute Gasteiger partial charge is 0.381 e. The summed E-state index contributed by atoms with van der Waals surface area (Å²) < 4.78 is 2.76. The molecule has 4 heteroatoms. The monoisotopic (exact) mass is 308 g/mol. The minimum atomic E-state index is -1.04. The van der Waals surface area contributed by atoms with Crippen LogP contribution in [-0.4, -0.2) is 14.9 Å². The van der Waals surface area contributed by atoms with Crippen molar-refractivity contribution in [2.24, 2.45) is 0 Å². The molecule has 0 radical (unpaired) electrons. The van der Waals surface area contributed by atoms with E-state index in [0.29, 0.717) is 0 Å². The van der Waals surface area contributed by atoms with Gasteiger partial charge < -0.3 is 5.11 Å². The van der Waals surface area contributed by atoms with Crippen molar-refractivity contribution < 1.29 is 5.11 Å². The smallest absolute Gasteiger partial charge is 0.116 e. The van der Waals surface area contributed by atoms with Gasteiger partial charge in [0.25, 0.3) is 0 Å². The van der Waals surface area contributed by atoms with E-state index >= 15 is 0 Å². The fourth-order valence-corrected chi connectivity index (χ4v) is 2.65. The molecule has 96 valence electrons. The number of aromatic nitrogens is 2. The Bertz CT molecular complexity index is 534. The van der Waals surface area contributed by atoms with Gasteiger partial charge in [-0.05, 0) is 19.4 Å². The lowest BCUT2D eigenvalue weighted by Gasteiger charge is -2.23. The van der Waals surface area contributed by atoms with Crippen molar-refractivity contribution in [3.63, 3.8) is 0 Å². The molecule has 1 heterocycles. The summed E-state index contributed by atoms with van der Waals surface area (Å²) in [6.45, 7) is 4.76. The van der Waals surface area contributed by atoms with Gasteiger partial charge in [0.05, 0.1) is 6.20 Å². The van der Waals surface area contributed by atoms with E-state index in [0.717, 1.165) is 28.6 Å².